The first kappa shape index (κ1) is 18.8. The van der Waals surface area contributed by atoms with Crippen molar-refractivity contribution in [1.82, 2.24) is 10.6 Å². The molecule has 0 saturated carbocycles. The van der Waals surface area contributed by atoms with Gasteiger partial charge in [0.2, 0.25) is 0 Å². The normalized spacial score (nSPS) is 20.8. The lowest BCUT2D eigenvalue weighted by Gasteiger charge is -2.27. The molecule has 1 aliphatic heterocycles. The molecule has 2 aliphatic rings. The molecule has 0 bridgehead atoms. The molecule has 1 aromatic rings. The number of aliphatic hydroxyl groups excluding tert-OH is 2. The van der Waals surface area contributed by atoms with Crippen LogP contribution in [0.2, 0.25) is 5.02 Å². The van der Waals surface area contributed by atoms with Crippen LogP contribution in [-0.4, -0.2) is 34.6 Å². The molecule has 1 heterocycles. The molecule has 2 unspecified atom stereocenters. The summed E-state index contributed by atoms with van der Waals surface area (Å²) in [5.41, 5.74) is 1.40. The number of fused-ring (bicyclic) bond motifs is 1. The Balaban J connectivity index is 1.75. The first-order valence-corrected chi connectivity index (χ1v) is 8.62. The molecular formula is C20H17ClN2O4. The molecule has 6 nitrogen and oxygen atoms in total. The zero-order valence-electron chi connectivity index (χ0n) is 14.2. The Hall–Kier alpha value is -3.01. The van der Waals surface area contributed by atoms with Crippen LogP contribution in [0.15, 0.2) is 59.5 Å². The van der Waals surface area contributed by atoms with Gasteiger partial charge in [0.15, 0.2) is 11.8 Å². The lowest BCUT2D eigenvalue weighted by Crippen LogP contribution is -2.50. The number of carbonyl (C=O) groups is 2. The summed E-state index contributed by atoms with van der Waals surface area (Å²) in [7, 11) is 0. The summed E-state index contributed by atoms with van der Waals surface area (Å²) < 4.78 is 0. The summed E-state index contributed by atoms with van der Waals surface area (Å²) in [6.07, 6.45) is 4.80. The molecule has 0 fully saturated rings. The fourth-order valence-corrected chi connectivity index (χ4v) is 2.95. The van der Waals surface area contributed by atoms with Crippen molar-refractivity contribution in [2.24, 2.45) is 5.92 Å². The summed E-state index contributed by atoms with van der Waals surface area (Å²) in [5, 5.41) is 25.3. The zero-order valence-corrected chi connectivity index (χ0v) is 15.0. The molecular weight excluding hydrogens is 368 g/mol. The highest BCUT2D eigenvalue weighted by Crippen LogP contribution is 2.30. The van der Waals surface area contributed by atoms with E-state index in [9.17, 15) is 14.7 Å². The number of carbonyl (C=O) groups excluding carboxylic acids is 2. The number of rotatable bonds is 3. The van der Waals surface area contributed by atoms with Crippen LogP contribution in [0.3, 0.4) is 0 Å². The van der Waals surface area contributed by atoms with Gasteiger partial charge >= 0.3 is 0 Å². The van der Waals surface area contributed by atoms with Crippen molar-refractivity contribution in [2.45, 2.75) is 12.6 Å². The van der Waals surface area contributed by atoms with Crippen molar-refractivity contribution in [3.05, 3.63) is 70.1 Å². The molecule has 4 N–H and O–H groups in total. The van der Waals surface area contributed by atoms with Crippen LogP contribution in [-0.2, 0) is 16.1 Å². The van der Waals surface area contributed by atoms with Crippen LogP contribution in [0.4, 0.5) is 0 Å². The molecule has 0 aromatic heterocycles. The fraction of sp³-hybridized carbons (Fsp3) is 0.200. The monoisotopic (exact) mass is 384 g/mol. The van der Waals surface area contributed by atoms with E-state index >= 15 is 0 Å². The number of aliphatic hydroxyl groups is 2. The predicted molar refractivity (Wildman–Crippen MR) is 100 cm³/mol. The number of allylic oxidation sites excluding steroid dienone is 3. The van der Waals surface area contributed by atoms with Gasteiger partial charge in [-0.1, -0.05) is 47.7 Å². The molecule has 3 rings (SSSR count). The first-order valence-electron chi connectivity index (χ1n) is 8.25. The van der Waals surface area contributed by atoms with Crippen LogP contribution in [0.5, 0.6) is 0 Å². The van der Waals surface area contributed by atoms with Gasteiger partial charge in [0.05, 0.1) is 11.5 Å². The maximum atomic E-state index is 12.8. The topological polar surface area (TPSA) is 98.7 Å². The van der Waals surface area contributed by atoms with E-state index in [4.69, 9.17) is 16.7 Å². The average Bonchev–Trinajstić information content (AvgIpc) is 2.67. The summed E-state index contributed by atoms with van der Waals surface area (Å²) >= 11 is 5.83. The minimum Gasteiger partial charge on any atom is -0.510 e. The van der Waals surface area contributed by atoms with E-state index in [0.717, 1.165) is 5.56 Å². The van der Waals surface area contributed by atoms with Gasteiger partial charge in [0.25, 0.3) is 5.91 Å². The van der Waals surface area contributed by atoms with E-state index < -0.39 is 23.7 Å². The lowest BCUT2D eigenvalue weighted by molar-refractivity contribution is -0.129. The van der Waals surface area contributed by atoms with Crippen LogP contribution in [0.1, 0.15) is 5.56 Å². The quantitative estimate of drug-likeness (QED) is 0.466. The van der Waals surface area contributed by atoms with Crippen LogP contribution < -0.4 is 10.6 Å². The fourth-order valence-electron chi connectivity index (χ4n) is 2.82. The Morgan fingerprint density at radius 3 is 2.74 bits per heavy atom. The number of ketones is 1. The number of hydrogen-bond donors (Lipinski definition) is 4. The highest BCUT2D eigenvalue weighted by Gasteiger charge is 2.37. The lowest BCUT2D eigenvalue weighted by atomic mass is 9.85. The number of halogens is 1. The number of hydrogen-bond acceptors (Lipinski definition) is 5. The Labute approximate surface area is 161 Å². The molecule has 138 valence electrons. The van der Waals surface area contributed by atoms with E-state index in [2.05, 4.69) is 22.5 Å². The van der Waals surface area contributed by atoms with E-state index in [1.807, 2.05) is 0 Å². The Morgan fingerprint density at radius 1 is 1.30 bits per heavy atom. The SMILES string of the molecule is O=C(NCc1ccc(Cl)cc1)C1NC=C2C=CC(C#CCO)C(O)=C2C1=O. The number of nitrogens with one attached hydrogen (secondary N) is 2. The van der Waals surface area contributed by atoms with Gasteiger partial charge < -0.3 is 20.8 Å². The summed E-state index contributed by atoms with van der Waals surface area (Å²) in [5.74, 6) is 3.19. The molecule has 2 atom stereocenters. The van der Waals surface area contributed by atoms with Crippen LogP contribution >= 0.6 is 11.6 Å². The van der Waals surface area contributed by atoms with E-state index in [1.54, 1.807) is 36.4 Å². The van der Waals surface area contributed by atoms with Crippen molar-refractivity contribution in [2.75, 3.05) is 6.61 Å². The summed E-state index contributed by atoms with van der Waals surface area (Å²) in [4.78, 5) is 25.2. The second-order valence-corrected chi connectivity index (χ2v) is 6.42. The summed E-state index contributed by atoms with van der Waals surface area (Å²) in [6.45, 7) is -0.103. The maximum absolute atomic E-state index is 12.8. The van der Waals surface area contributed by atoms with Gasteiger partial charge in [0.1, 0.15) is 12.4 Å². The second-order valence-electron chi connectivity index (χ2n) is 5.98. The van der Waals surface area contributed by atoms with Crippen LogP contribution in [0, 0.1) is 17.8 Å². The van der Waals surface area contributed by atoms with E-state index in [1.165, 1.54) is 6.20 Å². The third-order valence-electron chi connectivity index (χ3n) is 4.20. The predicted octanol–water partition coefficient (Wildman–Crippen LogP) is 1.37. The summed E-state index contributed by atoms with van der Waals surface area (Å²) in [6, 6.07) is 5.85. The van der Waals surface area contributed by atoms with Crippen LogP contribution in [0.25, 0.3) is 0 Å². The van der Waals surface area contributed by atoms with Gasteiger partial charge in [-0.25, -0.2) is 0 Å². The molecule has 0 radical (unpaired) electrons. The first-order chi connectivity index (χ1) is 13.0. The highest BCUT2D eigenvalue weighted by molar-refractivity contribution is 6.30. The number of benzene rings is 1. The molecule has 0 spiro atoms. The smallest absolute Gasteiger partial charge is 0.250 e. The third kappa shape index (κ3) is 4.05. The largest absolute Gasteiger partial charge is 0.510 e. The second kappa shape index (κ2) is 8.12. The van der Waals surface area contributed by atoms with Gasteiger partial charge in [0, 0.05) is 23.3 Å². The number of amides is 1. The molecule has 1 aromatic carbocycles. The highest BCUT2D eigenvalue weighted by atomic mass is 35.5. The van der Waals surface area contributed by atoms with Crippen molar-refractivity contribution < 1.29 is 19.8 Å². The molecule has 7 heteroatoms. The molecule has 0 saturated heterocycles. The number of Topliss-reactive ketones (excluding diaryl/α,β-unsaturated/α-hetero) is 1. The van der Waals surface area contributed by atoms with Gasteiger partial charge in [-0.3, -0.25) is 9.59 Å². The Bertz CT molecular complexity index is 920. The van der Waals surface area contributed by atoms with Gasteiger partial charge in [-0.05, 0) is 17.7 Å². The Morgan fingerprint density at radius 2 is 2.04 bits per heavy atom. The van der Waals surface area contributed by atoms with Crippen molar-refractivity contribution in [3.63, 3.8) is 0 Å². The van der Waals surface area contributed by atoms with Crippen molar-refractivity contribution in [1.29, 1.82) is 0 Å². The van der Waals surface area contributed by atoms with Crippen molar-refractivity contribution in [3.8, 4) is 11.8 Å². The standard InChI is InChI=1S/C20H17ClN2O4/c21-15-7-3-12(4-8-15)10-23-20(27)17-19(26)16-14(11-22-17)6-5-13(18(16)25)2-1-9-24/h3-8,11,13,17,22,24-25H,9-10H2,(H,23,27). The van der Waals surface area contributed by atoms with E-state index in [0.29, 0.717) is 10.6 Å². The average molecular weight is 385 g/mol. The van der Waals surface area contributed by atoms with Crippen molar-refractivity contribution >= 4 is 23.3 Å². The van der Waals surface area contributed by atoms with E-state index in [-0.39, 0.29) is 24.5 Å². The minimum absolute atomic E-state index is 0.0696. The molecule has 1 aliphatic carbocycles. The van der Waals surface area contributed by atoms with Gasteiger partial charge in [-0.2, -0.15) is 0 Å². The maximum Gasteiger partial charge on any atom is 0.250 e. The molecule has 1 amide bonds. The molecule has 27 heavy (non-hydrogen) atoms. The minimum atomic E-state index is -1.14. The zero-order chi connectivity index (χ0) is 19.4. The third-order valence-corrected chi connectivity index (χ3v) is 4.45. The van der Waals surface area contributed by atoms with Gasteiger partial charge in [-0.15, -0.1) is 0 Å². The Kier molecular flexibility index (Phi) is 5.65.